The van der Waals surface area contributed by atoms with Crippen molar-refractivity contribution < 1.29 is 37.6 Å². The molecule has 0 saturated carbocycles. The van der Waals surface area contributed by atoms with Crippen molar-refractivity contribution in [3.05, 3.63) is 45.4 Å². The lowest BCUT2D eigenvalue weighted by Crippen LogP contribution is -2.32. The number of methoxy groups -OCH3 is 3. The second-order valence-electron chi connectivity index (χ2n) is 9.21. The van der Waals surface area contributed by atoms with Crippen LogP contribution in [0.25, 0.3) is 0 Å². The van der Waals surface area contributed by atoms with Gasteiger partial charge in [-0.15, -0.1) is 0 Å². The highest BCUT2D eigenvalue weighted by Crippen LogP contribution is 2.35. The van der Waals surface area contributed by atoms with Crippen molar-refractivity contribution in [2.45, 2.75) is 25.8 Å². The van der Waals surface area contributed by atoms with Crippen LogP contribution in [0.5, 0.6) is 23.0 Å². The fourth-order valence-corrected chi connectivity index (χ4v) is 4.94. The summed E-state index contributed by atoms with van der Waals surface area (Å²) in [6, 6.07) is 7.62. The molecule has 0 saturated heterocycles. The Morgan fingerprint density at radius 1 is 0.900 bits per heavy atom. The number of hydrogen-bond donors (Lipinski definition) is 1. The molecule has 40 heavy (non-hydrogen) atoms. The van der Waals surface area contributed by atoms with E-state index in [0.29, 0.717) is 47.9 Å². The van der Waals surface area contributed by atoms with Gasteiger partial charge in [0.25, 0.3) is 5.91 Å². The van der Waals surface area contributed by atoms with E-state index in [2.05, 4.69) is 38.3 Å². The zero-order valence-corrected chi connectivity index (χ0v) is 25.1. The molecule has 1 amide bonds. The molecular weight excluding hydrogens is 587 g/mol. The zero-order chi connectivity index (χ0) is 28.7. The number of nitrogens with zero attached hydrogens (tertiary/aromatic N) is 1. The molecule has 0 unspecified atom stereocenters. The summed E-state index contributed by atoms with van der Waals surface area (Å²) >= 11 is 3.44. The number of fused-ring (bicyclic) bond motifs is 1. The Morgan fingerprint density at radius 2 is 1.57 bits per heavy atom. The summed E-state index contributed by atoms with van der Waals surface area (Å²) in [6.07, 6.45) is 2.78. The van der Waals surface area contributed by atoms with Gasteiger partial charge in [0.15, 0.2) is 23.0 Å². The van der Waals surface area contributed by atoms with E-state index in [4.69, 9.17) is 28.4 Å². The molecule has 1 aliphatic rings. The Labute approximate surface area is 244 Å². The number of halogens is 2. The SMILES string of the molecule is COc1cc2c(cc1OC)CN(CCCCNC(=O)c1cc(Br)cc(OC)c1OCCOCCOCCF)CC2. The van der Waals surface area contributed by atoms with Gasteiger partial charge in [0, 0.05) is 24.1 Å². The number of hydrogen-bond acceptors (Lipinski definition) is 8. The van der Waals surface area contributed by atoms with Gasteiger partial charge < -0.3 is 33.7 Å². The summed E-state index contributed by atoms with van der Waals surface area (Å²) in [7, 11) is 4.84. The summed E-state index contributed by atoms with van der Waals surface area (Å²) in [6.45, 7) is 4.06. The monoisotopic (exact) mass is 626 g/mol. The molecule has 0 radical (unpaired) electrons. The predicted molar refractivity (Wildman–Crippen MR) is 154 cm³/mol. The van der Waals surface area contributed by atoms with Crippen molar-refractivity contribution in [3.63, 3.8) is 0 Å². The molecule has 2 aromatic rings. The molecule has 9 nitrogen and oxygen atoms in total. The van der Waals surface area contributed by atoms with Crippen molar-refractivity contribution in [1.29, 1.82) is 0 Å². The maximum Gasteiger partial charge on any atom is 0.255 e. The van der Waals surface area contributed by atoms with E-state index in [9.17, 15) is 9.18 Å². The minimum Gasteiger partial charge on any atom is -0.493 e. The third-order valence-corrected chi connectivity index (χ3v) is 6.99. The van der Waals surface area contributed by atoms with Crippen molar-refractivity contribution >= 4 is 21.8 Å². The highest BCUT2D eigenvalue weighted by molar-refractivity contribution is 9.10. The molecule has 0 fully saturated rings. The van der Waals surface area contributed by atoms with Gasteiger partial charge in [-0.2, -0.15) is 0 Å². The van der Waals surface area contributed by atoms with Crippen LogP contribution < -0.4 is 24.3 Å². The molecule has 1 heterocycles. The smallest absolute Gasteiger partial charge is 0.255 e. The van der Waals surface area contributed by atoms with Crippen LogP contribution in [0.15, 0.2) is 28.7 Å². The Hall–Kier alpha value is -2.60. The summed E-state index contributed by atoms with van der Waals surface area (Å²) in [5.41, 5.74) is 2.95. The van der Waals surface area contributed by atoms with E-state index in [1.54, 1.807) is 26.4 Å². The minimum absolute atomic E-state index is 0.0624. The van der Waals surface area contributed by atoms with Gasteiger partial charge in [0.05, 0.1) is 53.3 Å². The maximum absolute atomic E-state index is 13.1. The van der Waals surface area contributed by atoms with Crippen LogP contribution >= 0.6 is 15.9 Å². The zero-order valence-electron chi connectivity index (χ0n) is 23.6. The van der Waals surface area contributed by atoms with Gasteiger partial charge in [-0.3, -0.25) is 9.69 Å². The average Bonchev–Trinajstić information content (AvgIpc) is 2.97. The number of carbonyl (C=O) groups is 1. The number of rotatable bonds is 18. The Kier molecular flexibility index (Phi) is 13.8. The minimum atomic E-state index is -0.517. The fraction of sp³-hybridized carbons (Fsp3) is 0.552. The van der Waals surface area contributed by atoms with E-state index >= 15 is 0 Å². The van der Waals surface area contributed by atoms with E-state index in [0.717, 1.165) is 50.4 Å². The molecule has 11 heteroatoms. The van der Waals surface area contributed by atoms with Gasteiger partial charge in [-0.05, 0) is 61.2 Å². The van der Waals surface area contributed by atoms with Crippen molar-refractivity contribution in [2.24, 2.45) is 0 Å². The van der Waals surface area contributed by atoms with Crippen LogP contribution in [0, 0.1) is 0 Å². The lowest BCUT2D eigenvalue weighted by atomic mass is 9.98. The number of carbonyl (C=O) groups excluding carboxylic acids is 1. The van der Waals surface area contributed by atoms with Crippen LogP contribution in [0.1, 0.15) is 34.3 Å². The summed E-state index contributed by atoms with van der Waals surface area (Å²) in [5, 5.41) is 3.01. The number of unbranched alkanes of at least 4 members (excludes halogenated alkanes) is 1. The van der Waals surface area contributed by atoms with Crippen LogP contribution in [-0.4, -0.2) is 91.5 Å². The Morgan fingerprint density at radius 3 is 2.27 bits per heavy atom. The molecular formula is C29H40BrFN2O7. The molecule has 0 bridgehead atoms. The van der Waals surface area contributed by atoms with E-state index < -0.39 is 6.67 Å². The molecule has 0 aliphatic carbocycles. The maximum atomic E-state index is 13.1. The van der Waals surface area contributed by atoms with Crippen LogP contribution in [0.2, 0.25) is 0 Å². The highest BCUT2D eigenvalue weighted by atomic mass is 79.9. The molecule has 2 aromatic carbocycles. The van der Waals surface area contributed by atoms with Gasteiger partial charge in [-0.25, -0.2) is 4.39 Å². The topological polar surface area (TPSA) is 87.7 Å². The van der Waals surface area contributed by atoms with E-state index in [1.807, 2.05) is 0 Å². The van der Waals surface area contributed by atoms with Gasteiger partial charge in [-0.1, -0.05) is 15.9 Å². The van der Waals surface area contributed by atoms with Crippen molar-refractivity contribution in [1.82, 2.24) is 10.2 Å². The van der Waals surface area contributed by atoms with Crippen LogP contribution in [0.4, 0.5) is 4.39 Å². The fourth-order valence-electron chi connectivity index (χ4n) is 4.51. The third-order valence-electron chi connectivity index (χ3n) is 6.54. The normalized spacial score (nSPS) is 13.0. The number of alkyl halides is 1. The summed E-state index contributed by atoms with van der Waals surface area (Å²) in [4.78, 5) is 15.5. The average molecular weight is 628 g/mol. The third kappa shape index (κ3) is 9.50. The number of ether oxygens (including phenoxy) is 6. The predicted octanol–water partition coefficient (Wildman–Crippen LogP) is 4.42. The summed E-state index contributed by atoms with van der Waals surface area (Å²) in [5.74, 6) is 2.10. The Balaban J connectivity index is 1.44. The van der Waals surface area contributed by atoms with Crippen LogP contribution in [0.3, 0.4) is 0 Å². The van der Waals surface area contributed by atoms with Gasteiger partial charge in [0.1, 0.15) is 13.3 Å². The first-order valence-corrected chi connectivity index (χ1v) is 14.3. The number of amides is 1. The second kappa shape index (κ2) is 17.3. The lowest BCUT2D eigenvalue weighted by molar-refractivity contribution is 0.0321. The molecule has 3 rings (SSSR count). The van der Waals surface area contributed by atoms with Gasteiger partial charge in [0.2, 0.25) is 0 Å². The standard InChI is InChI=1S/C29H40BrFN2O7/c1-35-25-16-21-6-10-33(20-22(21)17-26(25)36-2)9-5-4-8-32-29(34)24-18-23(30)19-27(37-3)28(24)40-15-14-39-13-12-38-11-7-31/h16-19H,4-15,20H2,1-3H3,(H,32,34). The largest absolute Gasteiger partial charge is 0.493 e. The first-order chi connectivity index (χ1) is 19.5. The first-order valence-electron chi connectivity index (χ1n) is 13.5. The van der Waals surface area contributed by atoms with Gasteiger partial charge >= 0.3 is 0 Å². The number of nitrogens with one attached hydrogen (secondary N) is 1. The molecule has 0 atom stereocenters. The van der Waals surface area contributed by atoms with E-state index in [-0.39, 0.29) is 19.1 Å². The highest BCUT2D eigenvalue weighted by Gasteiger charge is 2.20. The van der Waals surface area contributed by atoms with Crippen LogP contribution in [-0.2, 0) is 22.4 Å². The molecule has 0 aromatic heterocycles. The number of benzene rings is 2. The van der Waals surface area contributed by atoms with E-state index in [1.165, 1.54) is 18.2 Å². The lowest BCUT2D eigenvalue weighted by Gasteiger charge is -2.29. The molecule has 1 aliphatic heterocycles. The second-order valence-corrected chi connectivity index (χ2v) is 10.1. The molecule has 1 N–H and O–H groups in total. The molecule has 0 spiro atoms. The summed E-state index contributed by atoms with van der Waals surface area (Å²) < 4.78 is 45.5. The quantitative estimate of drug-likeness (QED) is 0.243. The molecule has 222 valence electrons. The first kappa shape index (κ1) is 31.9. The van der Waals surface area contributed by atoms with Crippen molar-refractivity contribution in [3.8, 4) is 23.0 Å². The Bertz CT molecular complexity index is 1090. The van der Waals surface area contributed by atoms with Crippen molar-refractivity contribution in [2.75, 3.05) is 80.7 Å².